The molecule has 1 aliphatic heterocycles. The summed E-state index contributed by atoms with van der Waals surface area (Å²) >= 11 is 5.82. The van der Waals surface area contributed by atoms with Crippen molar-refractivity contribution < 1.29 is 13.9 Å². The maximum Gasteiger partial charge on any atom is 0.254 e. The molecule has 21 heavy (non-hydrogen) atoms. The highest BCUT2D eigenvalue weighted by molar-refractivity contribution is 6.31. The summed E-state index contributed by atoms with van der Waals surface area (Å²) in [6.45, 7) is 2.22. The molecule has 1 amide bonds. The molecule has 0 spiro atoms. The molecule has 0 unspecified atom stereocenters. The topological polar surface area (TPSA) is 29.5 Å². The molecular formula is C16H21ClFNO2. The number of carbonyl (C=O) groups excluding carboxylic acids is 1. The number of ether oxygens (including phenoxy) is 1. The van der Waals surface area contributed by atoms with Crippen LogP contribution in [-0.2, 0) is 4.74 Å². The lowest BCUT2D eigenvalue weighted by Crippen LogP contribution is -2.40. The zero-order valence-corrected chi connectivity index (χ0v) is 13.0. The third kappa shape index (κ3) is 4.68. The van der Waals surface area contributed by atoms with E-state index in [1.54, 1.807) is 7.11 Å². The van der Waals surface area contributed by atoms with E-state index in [9.17, 15) is 9.18 Å². The average molecular weight is 314 g/mol. The largest absolute Gasteiger partial charge is 0.385 e. The molecule has 0 aliphatic carbocycles. The molecule has 1 aliphatic rings. The standard InChI is InChI=1S/C16H21ClFNO2/c1-21-7-3-5-12-4-2-6-19(11-12)16(20)13-8-14(17)10-15(18)9-13/h8-10,12H,2-7,11H2,1H3/t12-/m1/s1. The van der Waals surface area contributed by atoms with Crippen molar-refractivity contribution in [2.24, 2.45) is 5.92 Å². The predicted molar refractivity (Wildman–Crippen MR) is 81.1 cm³/mol. The minimum Gasteiger partial charge on any atom is -0.385 e. The molecule has 5 heteroatoms. The second-order valence-electron chi connectivity index (χ2n) is 5.55. The lowest BCUT2D eigenvalue weighted by molar-refractivity contribution is 0.0660. The number of piperidine rings is 1. The van der Waals surface area contributed by atoms with Crippen molar-refractivity contribution in [1.82, 2.24) is 4.90 Å². The number of amides is 1. The number of likely N-dealkylation sites (tertiary alicyclic amines) is 1. The number of benzene rings is 1. The van der Waals surface area contributed by atoms with E-state index in [1.807, 2.05) is 4.90 Å². The summed E-state index contributed by atoms with van der Waals surface area (Å²) in [5.41, 5.74) is 0.331. The molecule has 3 nitrogen and oxygen atoms in total. The number of hydrogen-bond acceptors (Lipinski definition) is 2. The van der Waals surface area contributed by atoms with E-state index < -0.39 is 5.82 Å². The van der Waals surface area contributed by atoms with Crippen LogP contribution in [0.2, 0.25) is 5.02 Å². The van der Waals surface area contributed by atoms with Gasteiger partial charge < -0.3 is 9.64 Å². The number of nitrogens with zero attached hydrogens (tertiary/aromatic N) is 1. The van der Waals surface area contributed by atoms with Gasteiger partial charge in [-0.2, -0.15) is 0 Å². The maximum atomic E-state index is 13.4. The molecule has 0 aromatic heterocycles. The molecule has 116 valence electrons. The highest BCUT2D eigenvalue weighted by Crippen LogP contribution is 2.23. The Hall–Kier alpha value is -1.13. The van der Waals surface area contributed by atoms with Crippen molar-refractivity contribution in [2.45, 2.75) is 25.7 Å². The summed E-state index contributed by atoms with van der Waals surface area (Å²) in [4.78, 5) is 14.3. The average Bonchev–Trinajstić information content (AvgIpc) is 2.46. The molecule has 1 saturated heterocycles. The van der Waals surface area contributed by atoms with E-state index in [-0.39, 0.29) is 10.9 Å². The Balaban J connectivity index is 1.98. The third-order valence-corrected chi connectivity index (χ3v) is 4.09. The van der Waals surface area contributed by atoms with Crippen LogP contribution in [0.5, 0.6) is 0 Å². The minimum absolute atomic E-state index is 0.132. The van der Waals surface area contributed by atoms with E-state index in [4.69, 9.17) is 16.3 Å². The van der Waals surface area contributed by atoms with Crippen molar-refractivity contribution in [1.29, 1.82) is 0 Å². The lowest BCUT2D eigenvalue weighted by Gasteiger charge is -2.33. The summed E-state index contributed by atoms with van der Waals surface area (Å²) in [5.74, 6) is -0.103. The first-order valence-electron chi connectivity index (χ1n) is 7.34. The van der Waals surface area contributed by atoms with Crippen LogP contribution in [0, 0.1) is 11.7 Å². The van der Waals surface area contributed by atoms with Gasteiger partial charge >= 0.3 is 0 Å². The summed E-state index contributed by atoms with van der Waals surface area (Å²) in [6, 6.07) is 3.99. The Morgan fingerprint density at radius 2 is 2.29 bits per heavy atom. The van der Waals surface area contributed by atoms with E-state index in [1.165, 1.54) is 18.2 Å². The molecule has 0 bridgehead atoms. The van der Waals surface area contributed by atoms with Gasteiger partial charge in [-0.1, -0.05) is 11.6 Å². The number of hydrogen-bond donors (Lipinski definition) is 0. The van der Waals surface area contributed by atoms with Crippen LogP contribution in [0.4, 0.5) is 4.39 Å². The summed E-state index contributed by atoms with van der Waals surface area (Å²) in [7, 11) is 1.70. The number of carbonyl (C=O) groups is 1. The van der Waals surface area contributed by atoms with Gasteiger partial charge in [-0.25, -0.2) is 4.39 Å². The van der Waals surface area contributed by atoms with Crippen LogP contribution in [0.15, 0.2) is 18.2 Å². The van der Waals surface area contributed by atoms with Gasteiger partial charge in [0.1, 0.15) is 5.82 Å². The highest BCUT2D eigenvalue weighted by Gasteiger charge is 2.24. The fourth-order valence-corrected chi connectivity index (χ4v) is 3.08. The van der Waals surface area contributed by atoms with Crippen LogP contribution in [0.3, 0.4) is 0 Å². The van der Waals surface area contributed by atoms with Gasteiger partial charge in [-0.3, -0.25) is 4.79 Å². The number of rotatable bonds is 5. The minimum atomic E-state index is -0.473. The van der Waals surface area contributed by atoms with Gasteiger partial charge in [0.05, 0.1) is 0 Å². The Kier molecular flexibility index (Phi) is 6.00. The number of halogens is 2. The Morgan fingerprint density at radius 3 is 3.00 bits per heavy atom. The summed E-state index contributed by atoms with van der Waals surface area (Å²) < 4.78 is 18.4. The van der Waals surface area contributed by atoms with Gasteiger partial charge in [0, 0.05) is 37.4 Å². The molecule has 0 saturated carbocycles. The molecule has 1 atom stereocenters. The second kappa shape index (κ2) is 7.76. The lowest BCUT2D eigenvalue weighted by atomic mass is 9.93. The smallest absolute Gasteiger partial charge is 0.254 e. The predicted octanol–water partition coefficient (Wildman–Crippen LogP) is 3.76. The first kappa shape index (κ1) is 16.2. The van der Waals surface area contributed by atoms with Gasteiger partial charge in [0.15, 0.2) is 0 Å². The van der Waals surface area contributed by atoms with Crippen LogP contribution >= 0.6 is 11.6 Å². The van der Waals surface area contributed by atoms with Crippen molar-refractivity contribution >= 4 is 17.5 Å². The van der Waals surface area contributed by atoms with Gasteiger partial charge in [-0.15, -0.1) is 0 Å². The van der Waals surface area contributed by atoms with Crippen molar-refractivity contribution in [3.63, 3.8) is 0 Å². The van der Waals surface area contributed by atoms with Crippen LogP contribution < -0.4 is 0 Å². The highest BCUT2D eigenvalue weighted by atomic mass is 35.5. The first-order chi connectivity index (χ1) is 10.1. The summed E-state index contributed by atoms with van der Waals surface area (Å²) in [6.07, 6.45) is 4.19. The fourth-order valence-electron chi connectivity index (χ4n) is 2.86. The number of methoxy groups -OCH3 is 1. The molecule has 0 N–H and O–H groups in total. The fraction of sp³-hybridized carbons (Fsp3) is 0.562. The van der Waals surface area contributed by atoms with E-state index in [0.717, 1.165) is 45.4 Å². The Labute approximate surface area is 130 Å². The normalized spacial score (nSPS) is 18.8. The van der Waals surface area contributed by atoms with Crippen LogP contribution in [0.1, 0.15) is 36.0 Å². The van der Waals surface area contributed by atoms with Gasteiger partial charge in [-0.05, 0) is 49.8 Å². The molecule has 1 aromatic carbocycles. The van der Waals surface area contributed by atoms with Gasteiger partial charge in [0.25, 0.3) is 5.91 Å². The monoisotopic (exact) mass is 313 g/mol. The molecule has 1 aromatic rings. The van der Waals surface area contributed by atoms with Crippen molar-refractivity contribution in [3.05, 3.63) is 34.6 Å². The molecule has 0 radical (unpaired) electrons. The van der Waals surface area contributed by atoms with E-state index in [2.05, 4.69) is 0 Å². The molecule has 1 fully saturated rings. The quantitative estimate of drug-likeness (QED) is 0.775. The molecular weight excluding hydrogens is 293 g/mol. The Morgan fingerprint density at radius 1 is 1.48 bits per heavy atom. The zero-order chi connectivity index (χ0) is 15.2. The van der Waals surface area contributed by atoms with Crippen molar-refractivity contribution in [2.75, 3.05) is 26.8 Å². The maximum absolute atomic E-state index is 13.4. The third-order valence-electron chi connectivity index (χ3n) is 3.88. The second-order valence-corrected chi connectivity index (χ2v) is 5.99. The molecule has 2 rings (SSSR count). The SMILES string of the molecule is COCCC[C@H]1CCCN(C(=O)c2cc(F)cc(Cl)c2)C1. The summed E-state index contributed by atoms with van der Waals surface area (Å²) in [5, 5.41) is 0.256. The van der Waals surface area contributed by atoms with Crippen molar-refractivity contribution in [3.8, 4) is 0 Å². The van der Waals surface area contributed by atoms with Crippen LogP contribution in [0.25, 0.3) is 0 Å². The molecule has 1 heterocycles. The Bertz CT molecular complexity index is 475. The van der Waals surface area contributed by atoms with E-state index >= 15 is 0 Å². The van der Waals surface area contributed by atoms with E-state index in [0.29, 0.717) is 11.5 Å². The zero-order valence-electron chi connectivity index (χ0n) is 12.3. The van der Waals surface area contributed by atoms with Crippen LogP contribution in [-0.4, -0.2) is 37.6 Å². The first-order valence-corrected chi connectivity index (χ1v) is 7.72. The van der Waals surface area contributed by atoms with Gasteiger partial charge in [0.2, 0.25) is 0 Å².